The second-order valence-corrected chi connectivity index (χ2v) is 6.42. The van der Waals surface area contributed by atoms with Crippen molar-refractivity contribution in [1.29, 1.82) is 0 Å². The van der Waals surface area contributed by atoms with Crippen molar-refractivity contribution < 1.29 is 21.4 Å². The Labute approximate surface area is 122 Å². The van der Waals surface area contributed by atoms with Crippen LogP contribution in [0.5, 0.6) is 5.75 Å². The maximum absolute atomic E-state index is 13.1. The summed E-state index contributed by atoms with van der Waals surface area (Å²) in [4.78, 5) is -0.560. The third kappa shape index (κ3) is 3.78. The highest BCUT2D eigenvalue weighted by molar-refractivity contribution is 7.87. The van der Waals surface area contributed by atoms with E-state index in [1.807, 2.05) is 19.9 Å². The third-order valence-corrected chi connectivity index (χ3v) is 4.08. The van der Waals surface area contributed by atoms with Gasteiger partial charge < -0.3 is 4.18 Å². The normalized spacial score (nSPS) is 11.7. The summed E-state index contributed by atoms with van der Waals surface area (Å²) >= 11 is 0. The predicted octanol–water partition coefficient (Wildman–Crippen LogP) is 3.86. The Morgan fingerprint density at radius 2 is 1.62 bits per heavy atom. The molecule has 0 fully saturated rings. The second-order valence-electron chi connectivity index (χ2n) is 4.87. The van der Waals surface area contributed by atoms with Crippen molar-refractivity contribution in [3.05, 3.63) is 59.7 Å². The number of hydrogen-bond donors (Lipinski definition) is 0. The zero-order valence-electron chi connectivity index (χ0n) is 11.5. The molecule has 0 saturated carbocycles. The highest BCUT2D eigenvalue weighted by Gasteiger charge is 2.19. The van der Waals surface area contributed by atoms with Crippen molar-refractivity contribution in [2.45, 2.75) is 24.7 Å². The molecule has 21 heavy (non-hydrogen) atoms. The van der Waals surface area contributed by atoms with E-state index in [0.717, 1.165) is 5.56 Å². The number of halogens is 2. The molecule has 0 amide bonds. The van der Waals surface area contributed by atoms with E-state index in [1.165, 1.54) is 6.07 Å². The van der Waals surface area contributed by atoms with Gasteiger partial charge in [0.15, 0.2) is 0 Å². The fraction of sp³-hybridized carbons (Fsp3) is 0.200. The van der Waals surface area contributed by atoms with Gasteiger partial charge in [-0.15, -0.1) is 0 Å². The van der Waals surface area contributed by atoms with Crippen molar-refractivity contribution >= 4 is 10.1 Å². The van der Waals surface area contributed by atoms with E-state index in [9.17, 15) is 17.2 Å². The molecule has 3 nitrogen and oxygen atoms in total. The molecule has 2 rings (SSSR count). The van der Waals surface area contributed by atoms with Crippen molar-refractivity contribution in [1.82, 2.24) is 0 Å². The molecule has 2 aromatic rings. The van der Waals surface area contributed by atoms with E-state index < -0.39 is 26.6 Å². The first-order chi connectivity index (χ1) is 9.78. The topological polar surface area (TPSA) is 43.4 Å². The maximum Gasteiger partial charge on any atom is 0.339 e. The van der Waals surface area contributed by atoms with Gasteiger partial charge in [-0.3, -0.25) is 0 Å². The molecular weight excluding hydrogens is 298 g/mol. The summed E-state index contributed by atoms with van der Waals surface area (Å²) in [6.07, 6.45) is 0. The first-order valence-corrected chi connectivity index (χ1v) is 7.69. The standard InChI is InChI=1S/C15H14F2O3S/c1-10(2)11-4-3-5-14(6-11)20-21(18,19)15-8-12(16)7-13(17)9-15/h3-10H,1-2H3. The van der Waals surface area contributed by atoms with Gasteiger partial charge in [0.1, 0.15) is 22.3 Å². The van der Waals surface area contributed by atoms with Crippen LogP contribution >= 0.6 is 0 Å². The minimum atomic E-state index is -4.28. The largest absolute Gasteiger partial charge is 0.379 e. The minimum absolute atomic E-state index is 0.103. The lowest BCUT2D eigenvalue weighted by molar-refractivity contribution is 0.482. The molecule has 112 valence electrons. The molecule has 0 unspecified atom stereocenters. The van der Waals surface area contributed by atoms with Gasteiger partial charge >= 0.3 is 10.1 Å². The Balaban J connectivity index is 2.35. The molecule has 6 heteroatoms. The van der Waals surface area contributed by atoms with Crippen LogP contribution in [0.4, 0.5) is 8.78 Å². The monoisotopic (exact) mass is 312 g/mol. The van der Waals surface area contributed by atoms with E-state index in [-0.39, 0.29) is 11.7 Å². The summed E-state index contributed by atoms with van der Waals surface area (Å²) in [6, 6.07) is 8.57. The molecule has 0 atom stereocenters. The van der Waals surface area contributed by atoms with Crippen LogP contribution in [-0.2, 0) is 10.1 Å². The molecule has 0 radical (unpaired) electrons. The fourth-order valence-electron chi connectivity index (χ4n) is 1.77. The van der Waals surface area contributed by atoms with Crippen LogP contribution in [0.15, 0.2) is 47.4 Å². The summed E-state index contributed by atoms with van der Waals surface area (Å²) in [5.41, 5.74) is 0.896. The van der Waals surface area contributed by atoms with Gasteiger partial charge in [0, 0.05) is 6.07 Å². The quantitative estimate of drug-likeness (QED) is 0.805. The van der Waals surface area contributed by atoms with Crippen LogP contribution in [0.25, 0.3) is 0 Å². The summed E-state index contributed by atoms with van der Waals surface area (Å²) in [5, 5.41) is 0. The fourth-order valence-corrected chi connectivity index (χ4v) is 2.74. The van der Waals surface area contributed by atoms with Crippen LogP contribution in [0.3, 0.4) is 0 Å². The molecule has 0 aliphatic rings. The van der Waals surface area contributed by atoms with Crippen LogP contribution < -0.4 is 4.18 Å². The van der Waals surface area contributed by atoms with Crippen LogP contribution in [0.2, 0.25) is 0 Å². The Morgan fingerprint density at radius 3 is 2.19 bits per heavy atom. The molecule has 2 aromatic carbocycles. The highest BCUT2D eigenvalue weighted by atomic mass is 32.2. The highest BCUT2D eigenvalue weighted by Crippen LogP contribution is 2.24. The second kappa shape index (κ2) is 5.81. The summed E-state index contributed by atoms with van der Waals surface area (Å²) in [5.74, 6) is -1.66. The van der Waals surface area contributed by atoms with E-state index in [1.54, 1.807) is 12.1 Å². The molecule has 0 spiro atoms. The van der Waals surface area contributed by atoms with Crippen molar-refractivity contribution in [2.24, 2.45) is 0 Å². The van der Waals surface area contributed by atoms with Crippen LogP contribution in [-0.4, -0.2) is 8.42 Å². The van der Waals surface area contributed by atoms with E-state index in [4.69, 9.17) is 4.18 Å². The van der Waals surface area contributed by atoms with Gasteiger partial charge in [-0.05, 0) is 35.7 Å². The SMILES string of the molecule is CC(C)c1cccc(OS(=O)(=O)c2cc(F)cc(F)c2)c1. The van der Waals surface area contributed by atoms with Gasteiger partial charge in [0.2, 0.25) is 0 Å². The van der Waals surface area contributed by atoms with E-state index in [2.05, 4.69) is 0 Å². The van der Waals surface area contributed by atoms with Crippen molar-refractivity contribution in [2.75, 3.05) is 0 Å². The zero-order chi connectivity index (χ0) is 15.6. The molecule has 0 aliphatic carbocycles. The summed E-state index contributed by atoms with van der Waals surface area (Å²) in [7, 11) is -4.28. The number of rotatable bonds is 4. The van der Waals surface area contributed by atoms with Gasteiger partial charge in [0.25, 0.3) is 0 Å². The lowest BCUT2D eigenvalue weighted by Crippen LogP contribution is -2.10. The zero-order valence-corrected chi connectivity index (χ0v) is 12.3. The average Bonchev–Trinajstić information content (AvgIpc) is 2.37. The van der Waals surface area contributed by atoms with Crippen LogP contribution in [0.1, 0.15) is 25.3 Å². The summed E-state index contributed by atoms with van der Waals surface area (Å²) in [6.45, 7) is 3.91. The Bertz CT molecular complexity index is 735. The first kappa shape index (κ1) is 15.4. The molecular formula is C15H14F2O3S. The van der Waals surface area contributed by atoms with Crippen LogP contribution in [0, 0.1) is 11.6 Å². The average molecular weight is 312 g/mol. The van der Waals surface area contributed by atoms with Crippen molar-refractivity contribution in [3.8, 4) is 5.75 Å². The molecule has 0 aromatic heterocycles. The van der Waals surface area contributed by atoms with Gasteiger partial charge in [-0.1, -0.05) is 26.0 Å². The molecule has 0 heterocycles. The Morgan fingerprint density at radius 1 is 1.00 bits per heavy atom. The molecule has 0 saturated heterocycles. The van der Waals surface area contributed by atoms with Crippen molar-refractivity contribution in [3.63, 3.8) is 0 Å². The lowest BCUT2D eigenvalue weighted by Gasteiger charge is -2.10. The summed E-state index contributed by atoms with van der Waals surface area (Å²) < 4.78 is 55.2. The Hall–Kier alpha value is -1.95. The van der Waals surface area contributed by atoms with E-state index in [0.29, 0.717) is 18.2 Å². The minimum Gasteiger partial charge on any atom is -0.379 e. The predicted molar refractivity (Wildman–Crippen MR) is 74.7 cm³/mol. The molecule has 0 aliphatic heterocycles. The Kier molecular flexibility index (Phi) is 4.27. The molecule has 0 bridgehead atoms. The smallest absolute Gasteiger partial charge is 0.339 e. The van der Waals surface area contributed by atoms with E-state index >= 15 is 0 Å². The van der Waals surface area contributed by atoms with Gasteiger partial charge in [-0.2, -0.15) is 8.42 Å². The lowest BCUT2D eigenvalue weighted by atomic mass is 10.0. The van der Waals surface area contributed by atoms with Gasteiger partial charge in [0.05, 0.1) is 0 Å². The first-order valence-electron chi connectivity index (χ1n) is 6.28. The number of hydrogen-bond acceptors (Lipinski definition) is 3. The maximum atomic E-state index is 13.1. The third-order valence-electron chi connectivity index (χ3n) is 2.86. The van der Waals surface area contributed by atoms with Gasteiger partial charge in [-0.25, -0.2) is 8.78 Å². The number of benzene rings is 2. The molecule has 0 N–H and O–H groups in total.